The maximum Gasteiger partial charge on any atom is 0.303 e. The van der Waals surface area contributed by atoms with Crippen LogP contribution in [0.5, 0.6) is 0 Å². The molecule has 2 nitrogen and oxygen atoms in total. The number of carboxylic acids is 1. The molecule has 0 aliphatic carbocycles. The Morgan fingerprint density at radius 2 is 1.55 bits per heavy atom. The Balaban J connectivity index is 1.90. The Bertz CT molecular complexity index is 636. The first kappa shape index (κ1) is 16.1. The van der Waals surface area contributed by atoms with Gasteiger partial charge in [0.15, 0.2) is 11.6 Å². The molecule has 0 radical (unpaired) electrons. The number of benzene rings is 2. The van der Waals surface area contributed by atoms with Crippen molar-refractivity contribution in [3.63, 3.8) is 0 Å². The van der Waals surface area contributed by atoms with Crippen LogP contribution in [0, 0.1) is 11.6 Å². The Labute approximate surface area is 128 Å². The fraction of sp³-hybridized carbons (Fsp3) is 0.278. The number of hydrogen-bond donors (Lipinski definition) is 1. The van der Waals surface area contributed by atoms with Gasteiger partial charge in [-0.1, -0.05) is 36.8 Å². The Morgan fingerprint density at radius 1 is 0.864 bits per heavy atom. The number of hydrogen-bond acceptors (Lipinski definition) is 1. The lowest BCUT2D eigenvalue weighted by atomic mass is 10.0. The van der Waals surface area contributed by atoms with E-state index in [9.17, 15) is 13.6 Å². The van der Waals surface area contributed by atoms with Gasteiger partial charge in [-0.25, -0.2) is 8.78 Å². The van der Waals surface area contributed by atoms with Crippen molar-refractivity contribution in [2.45, 2.75) is 32.1 Å². The maximum atomic E-state index is 13.2. The van der Waals surface area contributed by atoms with Crippen molar-refractivity contribution < 1.29 is 18.7 Å². The van der Waals surface area contributed by atoms with Crippen molar-refractivity contribution in [1.29, 1.82) is 0 Å². The number of aryl methyl sites for hydroxylation is 1. The molecule has 0 bridgehead atoms. The molecule has 2 aromatic rings. The summed E-state index contributed by atoms with van der Waals surface area (Å²) in [5.41, 5.74) is 2.64. The third kappa shape index (κ3) is 4.65. The summed E-state index contributed by atoms with van der Waals surface area (Å²) in [6.45, 7) is 0. The highest BCUT2D eigenvalue weighted by molar-refractivity contribution is 5.66. The van der Waals surface area contributed by atoms with E-state index >= 15 is 0 Å². The monoisotopic (exact) mass is 304 g/mol. The van der Waals surface area contributed by atoms with Crippen LogP contribution >= 0.6 is 0 Å². The maximum absolute atomic E-state index is 13.2. The van der Waals surface area contributed by atoms with E-state index in [-0.39, 0.29) is 6.42 Å². The number of halogens is 2. The molecule has 0 fully saturated rings. The van der Waals surface area contributed by atoms with Crippen LogP contribution in [0.3, 0.4) is 0 Å². The van der Waals surface area contributed by atoms with Gasteiger partial charge in [-0.3, -0.25) is 4.79 Å². The van der Waals surface area contributed by atoms with E-state index in [1.165, 1.54) is 6.07 Å². The molecule has 0 aliphatic rings. The van der Waals surface area contributed by atoms with Crippen molar-refractivity contribution in [1.82, 2.24) is 0 Å². The number of rotatable bonds is 7. The summed E-state index contributed by atoms with van der Waals surface area (Å²) in [5, 5.41) is 8.56. The molecule has 22 heavy (non-hydrogen) atoms. The largest absolute Gasteiger partial charge is 0.481 e. The summed E-state index contributed by atoms with van der Waals surface area (Å²) in [7, 11) is 0. The van der Waals surface area contributed by atoms with E-state index in [0.29, 0.717) is 12.0 Å². The highest BCUT2D eigenvalue weighted by Gasteiger charge is 2.04. The van der Waals surface area contributed by atoms with Crippen molar-refractivity contribution in [2.24, 2.45) is 0 Å². The van der Waals surface area contributed by atoms with E-state index in [4.69, 9.17) is 5.11 Å². The van der Waals surface area contributed by atoms with Gasteiger partial charge in [-0.2, -0.15) is 0 Å². The molecular formula is C18H18F2O2. The van der Waals surface area contributed by atoms with Crippen molar-refractivity contribution in [3.8, 4) is 11.1 Å². The van der Waals surface area contributed by atoms with Gasteiger partial charge in [-0.05, 0) is 48.1 Å². The van der Waals surface area contributed by atoms with E-state index in [2.05, 4.69) is 0 Å². The van der Waals surface area contributed by atoms with Gasteiger partial charge < -0.3 is 5.11 Å². The molecule has 0 saturated heterocycles. The normalized spacial score (nSPS) is 10.6. The minimum atomic E-state index is -0.847. The highest BCUT2D eigenvalue weighted by Crippen LogP contribution is 2.22. The SMILES string of the molecule is O=C(O)CCCCCc1ccc(-c2ccc(F)c(F)c2)cc1. The number of unbranched alkanes of at least 4 members (excludes halogenated alkanes) is 2. The lowest BCUT2D eigenvalue weighted by Gasteiger charge is -2.05. The van der Waals surface area contributed by atoms with Crippen molar-refractivity contribution in [2.75, 3.05) is 0 Å². The second-order valence-corrected chi connectivity index (χ2v) is 5.28. The quantitative estimate of drug-likeness (QED) is 0.745. The fourth-order valence-electron chi connectivity index (χ4n) is 2.32. The second-order valence-electron chi connectivity index (χ2n) is 5.28. The molecule has 0 spiro atoms. The van der Waals surface area contributed by atoms with Gasteiger partial charge in [0.25, 0.3) is 0 Å². The van der Waals surface area contributed by atoms with Crippen LogP contribution in [-0.2, 0) is 11.2 Å². The topological polar surface area (TPSA) is 37.3 Å². The van der Waals surface area contributed by atoms with Crippen molar-refractivity contribution >= 4 is 5.97 Å². The summed E-state index contributed by atoms with van der Waals surface area (Å²) >= 11 is 0. The minimum absolute atomic E-state index is 0.217. The molecule has 2 rings (SSSR count). The average molecular weight is 304 g/mol. The number of carboxylic acid groups (broad SMARTS) is 1. The van der Waals surface area contributed by atoms with Crippen LogP contribution in [0.2, 0.25) is 0 Å². The third-order valence-electron chi connectivity index (χ3n) is 3.56. The first-order chi connectivity index (χ1) is 10.6. The molecule has 116 valence electrons. The third-order valence-corrected chi connectivity index (χ3v) is 3.56. The van der Waals surface area contributed by atoms with Gasteiger partial charge in [0.05, 0.1) is 0 Å². The average Bonchev–Trinajstić information content (AvgIpc) is 2.50. The highest BCUT2D eigenvalue weighted by atomic mass is 19.2. The van der Waals surface area contributed by atoms with Crippen LogP contribution in [0.25, 0.3) is 11.1 Å². The Hall–Kier alpha value is -2.23. The zero-order chi connectivity index (χ0) is 15.9. The number of carbonyl (C=O) groups is 1. The van der Waals surface area contributed by atoms with Crippen molar-refractivity contribution in [3.05, 3.63) is 59.7 Å². The van der Waals surface area contributed by atoms with Gasteiger partial charge in [0, 0.05) is 6.42 Å². The van der Waals surface area contributed by atoms with E-state index in [1.54, 1.807) is 6.07 Å². The first-order valence-corrected chi connectivity index (χ1v) is 7.32. The molecule has 0 atom stereocenters. The molecule has 0 aromatic heterocycles. The zero-order valence-electron chi connectivity index (χ0n) is 12.2. The minimum Gasteiger partial charge on any atom is -0.481 e. The van der Waals surface area contributed by atoms with Crippen LogP contribution in [-0.4, -0.2) is 11.1 Å². The molecule has 0 heterocycles. The summed E-state index contributed by atoms with van der Waals surface area (Å²) < 4.78 is 26.1. The molecule has 0 aliphatic heterocycles. The molecule has 0 unspecified atom stereocenters. The predicted octanol–water partition coefficient (Wildman–Crippen LogP) is 4.82. The lowest BCUT2D eigenvalue weighted by Crippen LogP contribution is -1.94. The smallest absolute Gasteiger partial charge is 0.303 e. The lowest BCUT2D eigenvalue weighted by molar-refractivity contribution is -0.137. The molecule has 1 N–H and O–H groups in total. The first-order valence-electron chi connectivity index (χ1n) is 7.32. The predicted molar refractivity (Wildman–Crippen MR) is 81.6 cm³/mol. The summed E-state index contributed by atoms with van der Waals surface area (Å²) in [5.74, 6) is -2.45. The molecule has 4 heteroatoms. The second kappa shape index (κ2) is 7.69. The van der Waals surface area contributed by atoms with Gasteiger partial charge in [0.1, 0.15) is 0 Å². The Morgan fingerprint density at radius 3 is 2.18 bits per heavy atom. The Kier molecular flexibility index (Phi) is 5.64. The molecular weight excluding hydrogens is 286 g/mol. The standard InChI is InChI=1S/C18H18F2O2/c19-16-11-10-15(12-17(16)20)14-8-6-13(7-9-14)4-2-1-3-5-18(21)22/h6-12H,1-5H2,(H,21,22). The van der Waals surface area contributed by atoms with Gasteiger partial charge in [-0.15, -0.1) is 0 Å². The summed E-state index contributed by atoms with van der Waals surface area (Å²) in [6, 6.07) is 11.6. The van der Waals surface area contributed by atoms with Gasteiger partial charge >= 0.3 is 5.97 Å². The summed E-state index contributed by atoms with van der Waals surface area (Å²) in [4.78, 5) is 10.4. The van der Waals surface area contributed by atoms with E-state index < -0.39 is 17.6 Å². The molecule has 0 saturated carbocycles. The summed E-state index contributed by atoms with van der Waals surface area (Å²) in [6.07, 6.45) is 3.63. The molecule has 0 amide bonds. The zero-order valence-corrected chi connectivity index (χ0v) is 12.2. The van der Waals surface area contributed by atoms with E-state index in [0.717, 1.165) is 36.5 Å². The van der Waals surface area contributed by atoms with Crippen LogP contribution in [0.4, 0.5) is 8.78 Å². The van der Waals surface area contributed by atoms with Crippen LogP contribution in [0.15, 0.2) is 42.5 Å². The van der Waals surface area contributed by atoms with E-state index in [1.807, 2.05) is 24.3 Å². The fourth-order valence-corrected chi connectivity index (χ4v) is 2.32. The van der Waals surface area contributed by atoms with Crippen LogP contribution in [0.1, 0.15) is 31.2 Å². The van der Waals surface area contributed by atoms with Crippen LogP contribution < -0.4 is 0 Å². The number of aliphatic carboxylic acids is 1. The molecule has 2 aromatic carbocycles. The van der Waals surface area contributed by atoms with Gasteiger partial charge in [0.2, 0.25) is 0 Å².